The van der Waals surface area contributed by atoms with E-state index in [0.717, 1.165) is 26.1 Å². The van der Waals surface area contributed by atoms with E-state index in [-0.39, 0.29) is 0 Å². The van der Waals surface area contributed by atoms with E-state index >= 15 is 0 Å². The molecule has 0 amide bonds. The SMILES string of the molecule is COCCC1=[C]([Zr][C]2=C(CCOC)C=CC2)CC=C1. The van der Waals surface area contributed by atoms with Crippen LogP contribution >= 0.6 is 0 Å². The monoisotopic (exact) mass is 336 g/mol. The fraction of sp³-hybridized carbons (Fsp3) is 0.500. The van der Waals surface area contributed by atoms with Crippen LogP contribution in [-0.4, -0.2) is 27.4 Å². The van der Waals surface area contributed by atoms with Crippen molar-refractivity contribution in [1.82, 2.24) is 0 Å². The van der Waals surface area contributed by atoms with Crippen LogP contribution in [0.15, 0.2) is 42.0 Å². The molecule has 0 atom stereocenters. The van der Waals surface area contributed by atoms with Gasteiger partial charge in [-0.3, -0.25) is 0 Å². The molecule has 0 bridgehead atoms. The Kier molecular flexibility index (Phi) is 6.49. The quantitative estimate of drug-likeness (QED) is 0.674. The van der Waals surface area contributed by atoms with Gasteiger partial charge in [0, 0.05) is 0 Å². The van der Waals surface area contributed by atoms with Crippen molar-refractivity contribution in [1.29, 1.82) is 0 Å². The summed E-state index contributed by atoms with van der Waals surface area (Å²) in [6.45, 7) is 1.69. The van der Waals surface area contributed by atoms with Gasteiger partial charge in [0.15, 0.2) is 0 Å². The summed E-state index contributed by atoms with van der Waals surface area (Å²) in [5, 5.41) is 0. The molecule has 2 aliphatic rings. The van der Waals surface area contributed by atoms with Gasteiger partial charge in [-0.2, -0.15) is 0 Å². The summed E-state index contributed by atoms with van der Waals surface area (Å²) in [5.74, 6) is 0. The van der Waals surface area contributed by atoms with Crippen LogP contribution < -0.4 is 0 Å². The Bertz CT molecular complexity index is 390. The molecule has 0 aliphatic heterocycles. The molecule has 0 unspecified atom stereocenters. The maximum atomic E-state index is 5.21. The Morgan fingerprint density at radius 2 is 1.37 bits per heavy atom. The third-order valence-electron chi connectivity index (χ3n) is 3.51. The van der Waals surface area contributed by atoms with Gasteiger partial charge in [0.25, 0.3) is 0 Å². The van der Waals surface area contributed by atoms with Gasteiger partial charge in [-0.05, 0) is 0 Å². The summed E-state index contributed by atoms with van der Waals surface area (Å²) in [7, 11) is 3.57. The number of hydrogen-bond acceptors (Lipinski definition) is 2. The average molecular weight is 338 g/mol. The molecule has 0 saturated heterocycles. The van der Waals surface area contributed by atoms with E-state index in [1.54, 1.807) is 31.9 Å². The second kappa shape index (κ2) is 8.14. The molecule has 0 N–H and O–H groups in total. The zero-order chi connectivity index (χ0) is 13.5. The third-order valence-corrected chi connectivity index (χ3v) is 7.58. The van der Waals surface area contributed by atoms with Gasteiger partial charge in [0.05, 0.1) is 0 Å². The molecule has 19 heavy (non-hydrogen) atoms. The van der Waals surface area contributed by atoms with Crippen molar-refractivity contribution < 1.29 is 32.7 Å². The van der Waals surface area contributed by atoms with Crippen LogP contribution in [0.5, 0.6) is 0 Å². The molecular weight excluding hydrogens is 315 g/mol. The topological polar surface area (TPSA) is 18.5 Å². The van der Waals surface area contributed by atoms with Crippen LogP contribution in [0.4, 0.5) is 0 Å². The molecular formula is C16H22O2Zr. The van der Waals surface area contributed by atoms with Gasteiger partial charge in [-0.1, -0.05) is 0 Å². The van der Waals surface area contributed by atoms with Crippen LogP contribution in [0.2, 0.25) is 0 Å². The predicted molar refractivity (Wildman–Crippen MR) is 74.6 cm³/mol. The first-order valence-electron chi connectivity index (χ1n) is 6.87. The molecule has 2 nitrogen and oxygen atoms in total. The van der Waals surface area contributed by atoms with E-state index in [0.29, 0.717) is 0 Å². The van der Waals surface area contributed by atoms with E-state index in [2.05, 4.69) is 24.3 Å². The summed E-state index contributed by atoms with van der Waals surface area (Å²) in [6, 6.07) is 0. The van der Waals surface area contributed by atoms with Crippen molar-refractivity contribution in [2.24, 2.45) is 0 Å². The van der Waals surface area contributed by atoms with Gasteiger partial charge in [-0.25, -0.2) is 0 Å². The Morgan fingerprint density at radius 3 is 1.79 bits per heavy atom. The third kappa shape index (κ3) is 4.37. The molecule has 2 rings (SSSR count). The van der Waals surface area contributed by atoms with Gasteiger partial charge in [-0.15, -0.1) is 0 Å². The van der Waals surface area contributed by atoms with Gasteiger partial charge >= 0.3 is 128 Å². The number of hydrogen-bond donors (Lipinski definition) is 0. The summed E-state index contributed by atoms with van der Waals surface area (Å²) in [4.78, 5) is 0. The summed E-state index contributed by atoms with van der Waals surface area (Å²) in [6.07, 6.45) is 13.8. The average Bonchev–Trinajstić information content (AvgIpc) is 3.04. The van der Waals surface area contributed by atoms with Crippen LogP contribution in [0.25, 0.3) is 0 Å². The fourth-order valence-corrected chi connectivity index (χ4v) is 6.23. The molecule has 2 aliphatic carbocycles. The summed E-state index contributed by atoms with van der Waals surface area (Å²) in [5.41, 5.74) is 3.11. The second-order valence-corrected chi connectivity index (χ2v) is 8.41. The van der Waals surface area contributed by atoms with Crippen molar-refractivity contribution >= 4 is 0 Å². The first-order valence-corrected chi connectivity index (χ1v) is 9.33. The maximum absolute atomic E-state index is 5.21. The van der Waals surface area contributed by atoms with Crippen LogP contribution in [0.3, 0.4) is 0 Å². The summed E-state index contributed by atoms with van der Waals surface area (Å²) >= 11 is -0.574. The van der Waals surface area contributed by atoms with Crippen LogP contribution in [0, 0.1) is 0 Å². The molecule has 0 saturated carbocycles. The predicted octanol–water partition coefficient (Wildman–Crippen LogP) is 3.57. The van der Waals surface area contributed by atoms with Crippen molar-refractivity contribution in [3.05, 3.63) is 42.0 Å². The standard InChI is InChI=1S/2C8H11O.Zr/c2*1-9-7-6-8-4-2-3-5-8;/h2*2,4H,3,6-7H2,1H3;. The Morgan fingerprint density at radius 1 is 0.895 bits per heavy atom. The van der Waals surface area contributed by atoms with E-state index in [9.17, 15) is 0 Å². The first kappa shape index (κ1) is 15.2. The van der Waals surface area contributed by atoms with Gasteiger partial charge in [0.2, 0.25) is 0 Å². The Labute approximate surface area is 127 Å². The Balaban J connectivity index is 1.99. The minimum atomic E-state index is -0.574. The number of allylic oxidation sites excluding steroid dienone is 6. The second-order valence-electron chi connectivity index (χ2n) is 4.83. The Hall–Kier alpha value is -0.237. The molecule has 0 aromatic carbocycles. The van der Waals surface area contributed by atoms with Crippen molar-refractivity contribution in [3.8, 4) is 0 Å². The van der Waals surface area contributed by atoms with E-state index in [1.165, 1.54) is 12.8 Å². The molecule has 0 radical (unpaired) electrons. The molecule has 0 aromatic heterocycles. The van der Waals surface area contributed by atoms with Gasteiger partial charge < -0.3 is 0 Å². The van der Waals surface area contributed by atoms with Crippen molar-refractivity contribution in [2.45, 2.75) is 25.7 Å². The molecule has 3 heteroatoms. The molecule has 102 valence electrons. The zero-order valence-electron chi connectivity index (χ0n) is 11.9. The number of ether oxygens (including phenoxy) is 2. The summed E-state index contributed by atoms with van der Waals surface area (Å²) < 4.78 is 13.9. The normalized spacial score (nSPS) is 18.0. The molecule has 0 spiro atoms. The zero-order valence-corrected chi connectivity index (χ0v) is 14.3. The van der Waals surface area contributed by atoms with Gasteiger partial charge in [0.1, 0.15) is 0 Å². The van der Waals surface area contributed by atoms with E-state index in [4.69, 9.17) is 9.47 Å². The number of rotatable bonds is 8. The fourth-order valence-electron chi connectivity index (χ4n) is 2.44. The van der Waals surface area contributed by atoms with E-state index < -0.39 is 23.2 Å². The van der Waals surface area contributed by atoms with Crippen molar-refractivity contribution in [3.63, 3.8) is 0 Å². The van der Waals surface area contributed by atoms with E-state index in [1.807, 2.05) is 0 Å². The van der Waals surface area contributed by atoms with Crippen LogP contribution in [0.1, 0.15) is 25.7 Å². The molecule has 0 aromatic rings. The van der Waals surface area contributed by atoms with Crippen LogP contribution in [-0.2, 0) is 32.7 Å². The molecule has 0 fully saturated rings. The number of methoxy groups -OCH3 is 2. The minimum absolute atomic E-state index is 0.574. The van der Waals surface area contributed by atoms with Crippen molar-refractivity contribution in [2.75, 3.05) is 27.4 Å². The molecule has 0 heterocycles. The first-order chi connectivity index (χ1) is 9.35.